The molecule has 5 heteroatoms. The molecule has 1 aromatic heterocycles. The summed E-state index contributed by atoms with van der Waals surface area (Å²) in [4.78, 5) is 17.0. The smallest absolute Gasteiger partial charge is 0.312 e. The number of aromatic nitrogens is 1. The summed E-state index contributed by atoms with van der Waals surface area (Å²) in [6.07, 6.45) is 5.11. The van der Waals surface area contributed by atoms with Gasteiger partial charge >= 0.3 is 5.97 Å². The van der Waals surface area contributed by atoms with Gasteiger partial charge in [-0.25, -0.2) is 4.98 Å². The number of nitrogens with zero attached hydrogens (tertiary/aromatic N) is 1. The number of thiazole rings is 1. The zero-order chi connectivity index (χ0) is 12.7. The number of carbonyl (C=O) groups is 1. The number of aryl methyl sites for hydroxylation is 1. The third kappa shape index (κ3) is 2.06. The van der Waals surface area contributed by atoms with E-state index in [9.17, 15) is 9.90 Å². The Morgan fingerprint density at radius 3 is 2.89 bits per heavy atom. The third-order valence-corrected chi connectivity index (χ3v) is 5.01. The molecule has 1 N–H and O–H groups in total. The van der Waals surface area contributed by atoms with Crippen molar-refractivity contribution in [2.75, 3.05) is 7.11 Å². The Labute approximate surface area is 110 Å². The maximum Gasteiger partial charge on any atom is 0.312 e. The van der Waals surface area contributed by atoms with Crippen molar-refractivity contribution in [2.24, 2.45) is 5.92 Å². The second-order valence-electron chi connectivity index (χ2n) is 5.14. The topological polar surface area (TPSA) is 59.4 Å². The van der Waals surface area contributed by atoms with Gasteiger partial charge in [-0.3, -0.25) is 4.79 Å². The van der Waals surface area contributed by atoms with Gasteiger partial charge in [-0.2, -0.15) is 0 Å². The first kappa shape index (κ1) is 12.1. The number of fused-ring (bicyclic) bond motifs is 1. The maximum absolute atomic E-state index is 11.2. The van der Waals surface area contributed by atoms with Gasteiger partial charge in [0.1, 0.15) is 11.1 Å². The molecule has 0 bridgehead atoms. The molecule has 0 aromatic carbocycles. The lowest BCUT2D eigenvalue weighted by molar-refractivity contribution is -0.139. The highest BCUT2D eigenvalue weighted by atomic mass is 32.1. The monoisotopic (exact) mass is 267 g/mol. The Morgan fingerprint density at radius 1 is 1.50 bits per heavy atom. The molecule has 2 atom stereocenters. The highest BCUT2D eigenvalue weighted by Gasteiger charge is 2.37. The molecular formula is C13H17NO3S. The van der Waals surface area contributed by atoms with Crippen LogP contribution in [0.1, 0.15) is 53.3 Å². The van der Waals surface area contributed by atoms with Crippen molar-refractivity contribution >= 4 is 17.3 Å². The fraction of sp³-hybridized carbons (Fsp3) is 0.692. The minimum Gasteiger partial charge on any atom is -0.481 e. The average molecular weight is 267 g/mol. The quantitative estimate of drug-likeness (QED) is 0.911. The van der Waals surface area contributed by atoms with Gasteiger partial charge in [-0.15, -0.1) is 11.3 Å². The van der Waals surface area contributed by atoms with E-state index in [2.05, 4.69) is 4.98 Å². The largest absolute Gasteiger partial charge is 0.481 e. The number of aliphatic carboxylic acids is 1. The molecule has 2 unspecified atom stereocenters. The summed E-state index contributed by atoms with van der Waals surface area (Å²) >= 11 is 1.66. The zero-order valence-corrected chi connectivity index (χ0v) is 11.2. The lowest BCUT2D eigenvalue weighted by Crippen LogP contribution is -2.17. The molecule has 4 nitrogen and oxygen atoms in total. The summed E-state index contributed by atoms with van der Waals surface area (Å²) in [6, 6.07) is 0. The Morgan fingerprint density at radius 2 is 2.28 bits per heavy atom. The molecule has 1 saturated carbocycles. The molecule has 1 heterocycles. The van der Waals surface area contributed by atoms with E-state index in [4.69, 9.17) is 4.74 Å². The molecule has 18 heavy (non-hydrogen) atoms. The van der Waals surface area contributed by atoms with Gasteiger partial charge < -0.3 is 9.84 Å². The molecule has 2 aliphatic rings. The molecule has 1 aromatic rings. The summed E-state index contributed by atoms with van der Waals surface area (Å²) in [5.74, 6) is -0.561. The van der Waals surface area contributed by atoms with Crippen LogP contribution in [0.25, 0.3) is 0 Å². The Bertz CT molecular complexity index is 467. The van der Waals surface area contributed by atoms with Crippen LogP contribution in [0.3, 0.4) is 0 Å². The lowest BCUT2D eigenvalue weighted by Gasteiger charge is -2.16. The summed E-state index contributed by atoms with van der Waals surface area (Å²) in [5, 5.41) is 10.2. The SMILES string of the molecule is COC(c1nc2c(s1)CCCC2C(=O)O)C1CC1. The number of carboxylic acids is 1. The number of hydrogen-bond acceptors (Lipinski definition) is 4. The fourth-order valence-corrected chi connectivity index (χ4v) is 4.03. The number of rotatable bonds is 4. The van der Waals surface area contributed by atoms with Gasteiger partial charge in [0.25, 0.3) is 0 Å². The number of methoxy groups -OCH3 is 1. The van der Waals surface area contributed by atoms with E-state index in [1.165, 1.54) is 12.8 Å². The van der Waals surface area contributed by atoms with Crippen molar-refractivity contribution < 1.29 is 14.6 Å². The molecule has 0 radical (unpaired) electrons. The minimum atomic E-state index is -0.742. The predicted molar refractivity (Wildman–Crippen MR) is 67.9 cm³/mol. The molecule has 3 rings (SSSR count). The number of ether oxygens (including phenoxy) is 1. The fourth-order valence-electron chi connectivity index (χ4n) is 2.69. The van der Waals surface area contributed by atoms with Crippen LogP contribution >= 0.6 is 11.3 Å². The van der Waals surface area contributed by atoms with Crippen molar-refractivity contribution in [1.29, 1.82) is 0 Å². The van der Waals surface area contributed by atoms with Crippen molar-refractivity contribution in [2.45, 2.75) is 44.1 Å². The van der Waals surface area contributed by atoms with E-state index in [0.29, 0.717) is 12.3 Å². The molecular weight excluding hydrogens is 250 g/mol. The van der Waals surface area contributed by atoms with Crippen LogP contribution in [0.5, 0.6) is 0 Å². The van der Waals surface area contributed by atoms with Crippen molar-refractivity contribution in [3.8, 4) is 0 Å². The van der Waals surface area contributed by atoms with E-state index in [0.717, 1.165) is 28.4 Å². The van der Waals surface area contributed by atoms with Crippen LogP contribution in [0.4, 0.5) is 0 Å². The van der Waals surface area contributed by atoms with E-state index >= 15 is 0 Å². The highest BCUT2D eigenvalue weighted by Crippen LogP contribution is 2.46. The second kappa shape index (κ2) is 4.63. The van der Waals surface area contributed by atoms with E-state index in [1.807, 2.05) is 0 Å². The van der Waals surface area contributed by atoms with Gasteiger partial charge in [0.05, 0.1) is 11.6 Å². The molecule has 98 valence electrons. The summed E-state index contributed by atoms with van der Waals surface area (Å²) < 4.78 is 5.53. The number of hydrogen-bond donors (Lipinski definition) is 1. The van der Waals surface area contributed by atoms with E-state index in [-0.39, 0.29) is 6.10 Å². The second-order valence-corrected chi connectivity index (χ2v) is 6.25. The number of carboxylic acid groups (broad SMARTS) is 1. The van der Waals surface area contributed by atoms with Crippen molar-refractivity contribution in [1.82, 2.24) is 4.98 Å². The molecule has 0 saturated heterocycles. The van der Waals surface area contributed by atoms with Crippen molar-refractivity contribution in [3.05, 3.63) is 15.6 Å². The third-order valence-electron chi connectivity index (χ3n) is 3.82. The Kier molecular flexibility index (Phi) is 3.11. The van der Waals surface area contributed by atoms with E-state index < -0.39 is 11.9 Å². The summed E-state index contributed by atoms with van der Waals surface area (Å²) in [5.41, 5.74) is 0.802. The summed E-state index contributed by atoms with van der Waals surface area (Å²) in [6.45, 7) is 0. The summed E-state index contributed by atoms with van der Waals surface area (Å²) in [7, 11) is 1.72. The van der Waals surface area contributed by atoms with E-state index in [1.54, 1.807) is 18.4 Å². The lowest BCUT2D eigenvalue weighted by atomic mass is 9.91. The molecule has 1 fully saturated rings. The van der Waals surface area contributed by atoms with Crippen LogP contribution in [0.15, 0.2) is 0 Å². The highest BCUT2D eigenvalue weighted by molar-refractivity contribution is 7.11. The maximum atomic E-state index is 11.2. The van der Waals surface area contributed by atoms with Gasteiger partial charge in [-0.05, 0) is 38.0 Å². The average Bonchev–Trinajstić information content (AvgIpc) is 3.08. The molecule has 0 spiro atoms. The predicted octanol–water partition coefficient (Wildman–Crippen LogP) is 2.75. The van der Waals surface area contributed by atoms with Gasteiger partial charge in [0, 0.05) is 12.0 Å². The molecule has 0 aliphatic heterocycles. The van der Waals surface area contributed by atoms with Gasteiger partial charge in [0.2, 0.25) is 0 Å². The normalized spacial score (nSPS) is 24.6. The first-order chi connectivity index (χ1) is 8.70. The van der Waals surface area contributed by atoms with Crippen LogP contribution in [0, 0.1) is 5.92 Å². The molecule has 0 amide bonds. The van der Waals surface area contributed by atoms with Crippen LogP contribution < -0.4 is 0 Å². The first-order valence-electron chi connectivity index (χ1n) is 6.45. The zero-order valence-electron chi connectivity index (χ0n) is 10.4. The van der Waals surface area contributed by atoms with Crippen LogP contribution in [0.2, 0.25) is 0 Å². The van der Waals surface area contributed by atoms with Crippen LogP contribution in [-0.4, -0.2) is 23.2 Å². The Balaban J connectivity index is 1.92. The van der Waals surface area contributed by atoms with Gasteiger partial charge in [0.15, 0.2) is 0 Å². The van der Waals surface area contributed by atoms with Crippen molar-refractivity contribution in [3.63, 3.8) is 0 Å². The van der Waals surface area contributed by atoms with Crippen LogP contribution in [-0.2, 0) is 16.0 Å². The standard InChI is InChI=1S/C13H17NO3S/c1-17-11(7-5-6-7)12-14-10-8(13(15)16)3-2-4-9(10)18-12/h7-8,11H,2-6H2,1H3,(H,15,16). The minimum absolute atomic E-state index is 0.0787. The van der Waals surface area contributed by atoms with Gasteiger partial charge in [-0.1, -0.05) is 0 Å². The molecule has 2 aliphatic carbocycles. The Hall–Kier alpha value is -0.940. The first-order valence-corrected chi connectivity index (χ1v) is 7.27.